The minimum atomic E-state index is -1.12. The zero-order valence-corrected chi connectivity index (χ0v) is 6.64. The van der Waals surface area contributed by atoms with Crippen LogP contribution in [0.5, 0.6) is 0 Å². The molecule has 5 heteroatoms. The molecule has 5 atom stereocenters. The third-order valence-corrected chi connectivity index (χ3v) is 2.94. The van der Waals surface area contributed by atoms with Gasteiger partial charge in [-0.1, -0.05) is 0 Å². The van der Waals surface area contributed by atoms with Gasteiger partial charge in [0.05, 0.1) is 11.8 Å². The summed E-state index contributed by atoms with van der Waals surface area (Å²) in [7, 11) is 0. The van der Waals surface area contributed by atoms with Crippen LogP contribution in [-0.4, -0.2) is 45.3 Å². The molecule has 2 fully saturated rings. The maximum atomic E-state index is 9.50. The first-order chi connectivity index (χ1) is 5.54. The number of rotatable bonds is 0. The summed E-state index contributed by atoms with van der Waals surface area (Å²) < 4.78 is 0. The Morgan fingerprint density at radius 2 is 1.92 bits per heavy atom. The van der Waals surface area contributed by atoms with Crippen LogP contribution in [0.4, 0.5) is 0 Å². The summed E-state index contributed by atoms with van der Waals surface area (Å²) in [4.78, 5) is 0. The Hall–Kier alpha value is -0.200. The smallest absolute Gasteiger partial charge is 0.114 e. The normalized spacial score (nSPS) is 59.0. The van der Waals surface area contributed by atoms with Crippen LogP contribution in [-0.2, 0) is 0 Å². The van der Waals surface area contributed by atoms with Gasteiger partial charge in [-0.2, -0.15) is 0 Å². The second-order valence-electron chi connectivity index (χ2n) is 3.76. The molecule has 2 aliphatic rings. The van der Waals surface area contributed by atoms with Gasteiger partial charge in [-0.25, -0.2) is 0 Å². The SMILES string of the molecule is NC12CCC(N1)C(O)C(O)C2O. The maximum absolute atomic E-state index is 9.50. The Morgan fingerprint density at radius 3 is 2.58 bits per heavy atom. The van der Waals surface area contributed by atoms with Gasteiger partial charge in [-0.05, 0) is 12.8 Å². The molecule has 5 unspecified atom stereocenters. The highest BCUT2D eigenvalue weighted by molar-refractivity contribution is 5.10. The van der Waals surface area contributed by atoms with E-state index in [0.29, 0.717) is 12.8 Å². The van der Waals surface area contributed by atoms with E-state index in [1.165, 1.54) is 0 Å². The number of hydrogen-bond acceptors (Lipinski definition) is 5. The molecule has 2 rings (SSSR count). The molecule has 2 bridgehead atoms. The summed E-state index contributed by atoms with van der Waals surface area (Å²) in [5.41, 5.74) is 4.86. The highest BCUT2D eigenvalue weighted by Gasteiger charge is 2.53. The summed E-state index contributed by atoms with van der Waals surface area (Å²) >= 11 is 0. The highest BCUT2D eigenvalue weighted by atomic mass is 16.4. The molecule has 70 valence electrons. The Labute approximate surface area is 70.2 Å². The Balaban J connectivity index is 2.25. The Kier molecular flexibility index (Phi) is 1.68. The monoisotopic (exact) mass is 174 g/mol. The van der Waals surface area contributed by atoms with Crippen molar-refractivity contribution in [2.24, 2.45) is 5.73 Å². The summed E-state index contributed by atoms with van der Waals surface area (Å²) in [5.74, 6) is 0. The van der Waals surface area contributed by atoms with Crippen molar-refractivity contribution in [3.8, 4) is 0 Å². The topological polar surface area (TPSA) is 98.7 Å². The molecule has 0 saturated carbocycles. The fourth-order valence-electron chi connectivity index (χ4n) is 2.10. The molecule has 12 heavy (non-hydrogen) atoms. The van der Waals surface area contributed by atoms with Crippen LogP contribution in [0.15, 0.2) is 0 Å². The lowest BCUT2D eigenvalue weighted by Crippen LogP contribution is -2.71. The second-order valence-corrected chi connectivity index (χ2v) is 3.76. The van der Waals surface area contributed by atoms with E-state index in [4.69, 9.17) is 5.73 Å². The number of piperidine rings is 1. The molecule has 0 aliphatic carbocycles. The quantitative estimate of drug-likeness (QED) is 0.279. The summed E-state index contributed by atoms with van der Waals surface area (Å²) in [6.07, 6.45) is -1.81. The van der Waals surface area contributed by atoms with E-state index in [0.717, 1.165) is 0 Å². The number of nitrogens with two attached hydrogens (primary N) is 1. The van der Waals surface area contributed by atoms with Crippen molar-refractivity contribution in [3.63, 3.8) is 0 Å². The molecule has 0 aromatic heterocycles. The van der Waals surface area contributed by atoms with Crippen LogP contribution in [0.1, 0.15) is 12.8 Å². The summed E-state index contributed by atoms with van der Waals surface area (Å²) in [6, 6.07) is -0.173. The zero-order valence-electron chi connectivity index (χ0n) is 6.64. The predicted molar refractivity (Wildman–Crippen MR) is 41.1 cm³/mol. The highest BCUT2D eigenvalue weighted by Crippen LogP contribution is 2.32. The van der Waals surface area contributed by atoms with Crippen LogP contribution in [0.3, 0.4) is 0 Å². The van der Waals surface area contributed by atoms with Gasteiger partial charge in [0.2, 0.25) is 0 Å². The molecule has 0 radical (unpaired) electrons. The van der Waals surface area contributed by atoms with E-state index in [2.05, 4.69) is 5.32 Å². The van der Waals surface area contributed by atoms with Gasteiger partial charge in [0.1, 0.15) is 12.2 Å². The molecule has 2 heterocycles. The molecule has 0 aromatic carbocycles. The molecule has 0 aromatic rings. The van der Waals surface area contributed by atoms with Crippen LogP contribution >= 0.6 is 0 Å². The van der Waals surface area contributed by atoms with Gasteiger partial charge < -0.3 is 21.1 Å². The number of aliphatic hydroxyl groups excluding tert-OH is 3. The van der Waals surface area contributed by atoms with Gasteiger partial charge in [0.15, 0.2) is 0 Å². The van der Waals surface area contributed by atoms with Crippen molar-refractivity contribution in [3.05, 3.63) is 0 Å². The lowest BCUT2D eigenvalue weighted by molar-refractivity contribution is -0.121. The van der Waals surface area contributed by atoms with Crippen molar-refractivity contribution in [2.75, 3.05) is 0 Å². The molecular formula is C7H14N2O3. The van der Waals surface area contributed by atoms with Gasteiger partial charge in [0, 0.05) is 6.04 Å². The predicted octanol–water partition coefficient (Wildman–Crippen LogP) is -2.51. The molecule has 5 nitrogen and oxygen atoms in total. The lowest BCUT2D eigenvalue weighted by atomic mass is 9.92. The van der Waals surface area contributed by atoms with Crippen molar-refractivity contribution >= 4 is 0 Å². The van der Waals surface area contributed by atoms with Gasteiger partial charge >= 0.3 is 0 Å². The fourth-order valence-corrected chi connectivity index (χ4v) is 2.10. The summed E-state index contributed by atoms with van der Waals surface area (Å²) in [6.45, 7) is 0. The first-order valence-electron chi connectivity index (χ1n) is 4.15. The first kappa shape index (κ1) is 8.40. The van der Waals surface area contributed by atoms with Crippen LogP contribution in [0.25, 0.3) is 0 Å². The number of fused-ring (bicyclic) bond motifs is 2. The lowest BCUT2D eigenvalue weighted by Gasteiger charge is -2.41. The van der Waals surface area contributed by atoms with E-state index in [-0.39, 0.29) is 6.04 Å². The van der Waals surface area contributed by atoms with Gasteiger partial charge in [-0.15, -0.1) is 0 Å². The number of nitrogens with one attached hydrogen (secondary N) is 1. The Bertz CT molecular complexity index is 201. The van der Waals surface area contributed by atoms with E-state index in [9.17, 15) is 15.3 Å². The van der Waals surface area contributed by atoms with Crippen LogP contribution in [0.2, 0.25) is 0 Å². The summed E-state index contributed by atoms with van der Waals surface area (Å²) in [5, 5.41) is 31.2. The number of hydrogen-bond donors (Lipinski definition) is 5. The van der Waals surface area contributed by atoms with Crippen molar-refractivity contribution in [1.82, 2.24) is 5.32 Å². The molecular weight excluding hydrogens is 160 g/mol. The Morgan fingerprint density at radius 1 is 1.25 bits per heavy atom. The minimum Gasteiger partial charge on any atom is -0.389 e. The van der Waals surface area contributed by atoms with E-state index in [1.807, 2.05) is 0 Å². The molecule has 0 spiro atoms. The standard InChI is InChI=1S/C7H14N2O3/c8-7-2-1-3(9-7)4(10)5(11)6(7)12/h3-6,9-12H,1-2,8H2. The maximum Gasteiger partial charge on any atom is 0.114 e. The van der Waals surface area contributed by atoms with Crippen LogP contribution < -0.4 is 11.1 Å². The fraction of sp³-hybridized carbons (Fsp3) is 1.00. The van der Waals surface area contributed by atoms with Crippen molar-refractivity contribution < 1.29 is 15.3 Å². The molecule has 2 aliphatic heterocycles. The van der Waals surface area contributed by atoms with Crippen molar-refractivity contribution in [2.45, 2.75) is 42.9 Å². The molecule has 0 amide bonds. The first-order valence-corrected chi connectivity index (χ1v) is 4.15. The largest absolute Gasteiger partial charge is 0.389 e. The minimum absolute atomic E-state index is 0.173. The van der Waals surface area contributed by atoms with Gasteiger partial charge in [0.25, 0.3) is 0 Å². The average Bonchev–Trinajstić information content (AvgIpc) is 2.41. The van der Waals surface area contributed by atoms with Crippen molar-refractivity contribution in [1.29, 1.82) is 0 Å². The molecule has 6 N–H and O–H groups in total. The molecule has 2 saturated heterocycles. The van der Waals surface area contributed by atoms with E-state index >= 15 is 0 Å². The third-order valence-electron chi connectivity index (χ3n) is 2.94. The van der Waals surface area contributed by atoms with Gasteiger partial charge in [-0.3, -0.25) is 5.32 Å². The third kappa shape index (κ3) is 0.915. The average molecular weight is 174 g/mol. The van der Waals surface area contributed by atoms with E-state index < -0.39 is 24.0 Å². The van der Waals surface area contributed by atoms with E-state index in [1.54, 1.807) is 0 Å². The number of aliphatic hydroxyl groups is 3. The zero-order chi connectivity index (χ0) is 8.93. The second kappa shape index (κ2) is 2.40. The van der Waals surface area contributed by atoms with Crippen LogP contribution in [0, 0.1) is 0 Å².